The molecule has 5 nitrogen and oxygen atoms in total. The number of carbonyl (C=O) groups excluding carboxylic acids is 2. The number of fused-ring (bicyclic) bond motifs is 1. The minimum absolute atomic E-state index is 0.00192. The van der Waals surface area contributed by atoms with E-state index in [0.717, 1.165) is 11.1 Å². The highest BCUT2D eigenvalue weighted by Crippen LogP contribution is 2.34. The van der Waals surface area contributed by atoms with Crippen LogP contribution in [0.2, 0.25) is 0 Å². The molecule has 0 bridgehead atoms. The second-order valence-corrected chi connectivity index (χ2v) is 7.10. The molecule has 152 valence electrons. The van der Waals surface area contributed by atoms with Gasteiger partial charge in [0.25, 0.3) is 5.91 Å². The fourth-order valence-electron chi connectivity index (χ4n) is 3.40. The Balaban J connectivity index is 1.47. The number of hydrogen-bond acceptors (Lipinski definition) is 3. The Morgan fingerprint density at radius 3 is 2.53 bits per heavy atom. The van der Waals surface area contributed by atoms with E-state index in [1.165, 1.54) is 12.1 Å². The maximum atomic E-state index is 13.0. The molecular weight excluding hydrogens is 383 g/mol. The number of halogens is 1. The second kappa shape index (κ2) is 8.78. The third kappa shape index (κ3) is 4.66. The van der Waals surface area contributed by atoms with Crippen LogP contribution >= 0.6 is 0 Å². The summed E-state index contributed by atoms with van der Waals surface area (Å²) >= 11 is 0. The van der Waals surface area contributed by atoms with Gasteiger partial charge < -0.3 is 15.0 Å². The average Bonchev–Trinajstić information content (AvgIpc) is 2.75. The first-order chi connectivity index (χ1) is 14.6. The van der Waals surface area contributed by atoms with E-state index in [4.69, 9.17) is 4.74 Å². The quantitative estimate of drug-likeness (QED) is 0.676. The van der Waals surface area contributed by atoms with Gasteiger partial charge in [-0.25, -0.2) is 4.39 Å². The van der Waals surface area contributed by atoms with Gasteiger partial charge in [0.05, 0.1) is 12.1 Å². The Hall–Kier alpha value is -3.67. The first-order valence-corrected chi connectivity index (χ1v) is 9.74. The van der Waals surface area contributed by atoms with E-state index in [2.05, 4.69) is 5.32 Å². The van der Waals surface area contributed by atoms with E-state index in [1.807, 2.05) is 30.3 Å². The summed E-state index contributed by atoms with van der Waals surface area (Å²) in [5.41, 5.74) is 3.07. The highest BCUT2D eigenvalue weighted by Gasteiger charge is 2.25. The van der Waals surface area contributed by atoms with Crippen molar-refractivity contribution in [2.45, 2.75) is 12.8 Å². The molecule has 1 aliphatic heterocycles. The third-order valence-corrected chi connectivity index (χ3v) is 4.93. The Morgan fingerprint density at radius 1 is 1.00 bits per heavy atom. The molecule has 0 unspecified atom stereocenters. The molecule has 0 saturated carbocycles. The maximum absolute atomic E-state index is 13.0. The number of carbonyl (C=O) groups is 2. The summed E-state index contributed by atoms with van der Waals surface area (Å²) in [5.74, 6) is -0.0676. The van der Waals surface area contributed by atoms with Crippen molar-refractivity contribution in [2.24, 2.45) is 0 Å². The zero-order chi connectivity index (χ0) is 20.9. The molecule has 4 rings (SSSR count). The third-order valence-electron chi connectivity index (χ3n) is 4.93. The predicted octanol–water partition coefficient (Wildman–Crippen LogP) is 3.98. The van der Waals surface area contributed by atoms with Crippen LogP contribution in [0, 0.1) is 5.82 Å². The minimum Gasteiger partial charge on any atom is -0.482 e. The predicted molar refractivity (Wildman–Crippen MR) is 113 cm³/mol. The molecule has 0 saturated heterocycles. The molecule has 0 atom stereocenters. The number of nitrogens with one attached hydrogen (secondary N) is 1. The van der Waals surface area contributed by atoms with Crippen LogP contribution in [0.25, 0.3) is 0 Å². The molecule has 0 fully saturated rings. The number of anilines is 2. The van der Waals surface area contributed by atoms with Gasteiger partial charge in [-0.1, -0.05) is 42.5 Å². The lowest BCUT2D eigenvalue weighted by molar-refractivity contribution is -0.121. The SMILES string of the molecule is O=C(Cc1ccc(F)cc1)Nc1ccc2c(c1)N(CCc1ccccc1)C(=O)CO2. The lowest BCUT2D eigenvalue weighted by Crippen LogP contribution is -2.40. The first kappa shape index (κ1) is 19.6. The number of amides is 2. The van der Waals surface area contributed by atoms with Gasteiger partial charge in [-0.3, -0.25) is 9.59 Å². The molecule has 0 spiro atoms. The molecule has 1 N–H and O–H groups in total. The van der Waals surface area contributed by atoms with Crippen molar-refractivity contribution in [3.05, 3.63) is 89.7 Å². The number of rotatable bonds is 6. The summed E-state index contributed by atoms with van der Waals surface area (Å²) in [5, 5.41) is 2.84. The minimum atomic E-state index is -0.339. The Kier molecular flexibility index (Phi) is 5.75. The Morgan fingerprint density at radius 2 is 1.77 bits per heavy atom. The van der Waals surface area contributed by atoms with Gasteiger partial charge in [-0.05, 0) is 47.9 Å². The number of benzene rings is 3. The van der Waals surface area contributed by atoms with Gasteiger partial charge in [0.1, 0.15) is 11.6 Å². The number of nitrogens with zero attached hydrogens (tertiary/aromatic N) is 1. The molecule has 6 heteroatoms. The highest BCUT2D eigenvalue weighted by atomic mass is 19.1. The summed E-state index contributed by atoms with van der Waals surface area (Å²) in [6.45, 7) is 0.518. The molecule has 2 amide bonds. The van der Waals surface area contributed by atoms with Crippen molar-refractivity contribution in [1.82, 2.24) is 0 Å². The van der Waals surface area contributed by atoms with Crippen LogP contribution in [-0.4, -0.2) is 25.0 Å². The van der Waals surface area contributed by atoms with Crippen LogP contribution in [0.15, 0.2) is 72.8 Å². The van der Waals surface area contributed by atoms with Crippen molar-refractivity contribution in [3.63, 3.8) is 0 Å². The summed E-state index contributed by atoms with van der Waals surface area (Å²) < 4.78 is 18.6. The van der Waals surface area contributed by atoms with Crippen molar-refractivity contribution < 1.29 is 18.7 Å². The largest absolute Gasteiger partial charge is 0.482 e. The maximum Gasteiger partial charge on any atom is 0.265 e. The molecule has 0 aromatic heterocycles. The van der Waals surface area contributed by atoms with E-state index in [1.54, 1.807) is 35.2 Å². The van der Waals surface area contributed by atoms with Crippen molar-refractivity contribution in [2.75, 3.05) is 23.4 Å². The van der Waals surface area contributed by atoms with Crippen LogP contribution in [0.5, 0.6) is 5.75 Å². The molecule has 3 aromatic rings. The van der Waals surface area contributed by atoms with Gasteiger partial charge in [-0.2, -0.15) is 0 Å². The van der Waals surface area contributed by atoms with E-state index in [9.17, 15) is 14.0 Å². The van der Waals surface area contributed by atoms with Crippen LogP contribution in [-0.2, 0) is 22.4 Å². The molecule has 3 aromatic carbocycles. The highest BCUT2D eigenvalue weighted by molar-refractivity contribution is 5.99. The molecule has 0 aliphatic carbocycles. The topological polar surface area (TPSA) is 58.6 Å². The average molecular weight is 404 g/mol. The molecule has 0 radical (unpaired) electrons. The molecule has 30 heavy (non-hydrogen) atoms. The van der Waals surface area contributed by atoms with Crippen LogP contribution < -0.4 is 15.0 Å². The first-order valence-electron chi connectivity index (χ1n) is 9.74. The molecule has 1 heterocycles. The number of hydrogen-bond donors (Lipinski definition) is 1. The van der Waals surface area contributed by atoms with Crippen molar-refractivity contribution >= 4 is 23.2 Å². The van der Waals surface area contributed by atoms with Gasteiger partial charge in [-0.15, -0.1) is 0 Å². The van der Waals surface area contributed by atoms with E-state index < -0.39 is 0 Å². The fourth-order valence-corrected chi connectivity index (χ4v) is 3.40. The van der Waals surface area contributed by atoms with Crippen LogP contribution in [0.3, 0.4) is 0 Å². The smallest absolute Gasteiger partial charge is 0.265 e. The van der Waals surface area contributed by atoms with Crippen molar-refractivity contribution in [3.8, 4) is 5.75 Å². The summed E-state index contributed by atoms with van der Waals surface area (Å²) in [4.78, 5) is 26.5. The molecule has 1 aliphatic rings. The zero-order valence-corrected chi connectivity index (χ0v) is 16.3. The van der Waals surface area contributed by atoms with Crippen LogP contribution in [0.4, 0.5) is 15.8 Å². The summed E-state index contributed by atoms with van der Waals surface area (Å²) in [6.07, 6.45) is 0.845. The summed E-state index contributed by atoms with van der Waals surface area (Å²) in [7, 11) is 0. The Bertz CT molecular complexity index is 1050. The van der Waals surface area contributed by atoms with Crippen LogP contribution in [0.1, 0.15) is 11.1 Å². The van der Waals surface area contributed by atoms with Gasteiger partial charge in [0, 0.05) is 12.2 Å². The lowest BCUT2D eigenvalue weighted by atomic mass is 10.1. The van der Waals surface area contributed by atoms with E-state index >= 15 is 0 Å². The molecular formula is C24H21FN2O3. The van der Waals surface area contributed by atoms with Gasteiger partial charge >= 0.3 is 0 Å². The van der Waals surface area contributed by atoms with E-state index in [-0.39, 0.29) is 30.7 Å². The Labute approximate surface area is 174 Å². The zero-order valence-electron chi connectivity index (χ0n) is 16.3. The summed E-state index contributed by atoms with van der Waals surface area (Å²) in [6, 6.07) is 21.0. The van der Waals surface area contributed by atoms with Gasteiger partial charge in [0.2, 0.25) is 5.91 Å². The van der Waals surface area contributed by atoms with Gasteiger partial charge in [0.15, 0.2) is 6.61 Å². The fraction of sp³-hybridized carbons (Fsp3) is 0.167. The lowest BCUT2D eigenvalue weighted by Gasteiger charge is -2.30. The monoisotopic (exact) mass is 404 g/mol. The normalized spacial score (nSPS) is 12.8. The number of ether oxygens (including phenoxy) is 1. The second-order valence-electron chi connectivity index (χ2n) is 7.10. The van der Waals surface area contributed by atoms with E-state index in [0.29, 0.717) is 30.1 Å². The van der Waals surface area contributed by atoms with Crippen molar-refractivity contribution in [1.29, 1.82) is 0 Å². The standard InChI is InChI=1S/C24H21FN2O3/c25-19-8-6-18(7-9-19)14-23(28)26-20-10-11-22-21(15-20)27(24(29)16-30-22)13-12-17-4-2-1-3-5-17/h1-11,15H,12-14,16H2,(H,26,28).